The Kier molecular flexibility index (Phi) is 7.70. The summed E-state index contributed by atoms with van der Waals surface area (Å²) in [6.07, 6.45) is 47.7. The monoisotopic (exact) mass is 834 g/mol. The van der Waals surface area contributed by atoms with Crippen LogP contribution in [0.25, 0.3) is 45.5 Å². The van der Waals surface area contributed by atoms with Crippen molar-refractivity contribution in [3.63, 3.8) is 0 Å². The number of hydrogen-bond acceptors (Lipinski definition) is 10. The Hall–Kier alpha value is -9.58. The highest BCUT2D eigenvalue weighted by Gasteiger charge is 2.28. The van der Waals surface area contributed by atoms with Gasteiger partial charge in [0.2, 0.25) is 0 Å². The molecular formula is C46H30N18. The van der Waals surface area contributed by atoms with Crippen LogP contribution in [0.4, 0.5) is 0 Å². The molecule has 9 aromatic heterocycles. The third kappa shape index (κ3) is 5.13. The minimum Gasteiger partial charge on any atom is -0.303 e. The maximum absolute atomic E-state index is 5.38. The molecule has 0 amide bonds. The maximum Gasteiger partial charge on any atom is 0.0995 e. The van der Waals surface area contributed by atoms with Crippen LogP contribution in [0, 0.1) is 42.0 Å². The van der Waals surface area contributed by atoms with Crippen LogP contribution < -0.4 is 0 Å². The average Bonchev–Trinajstić information content (AvgIpc) is 4.20. The maximum atomic E-state index is 5.38. The van der Waals surface area contributed by atoms with Gasteiger partial charge in [0.15, 0.2) is 0 Å². The third-order valence-corrected chi connectivity index (χ3v) is 11.5. The van der Waals surface area contributed by atoms with E-state index in [1.807, 2.05) is 124 Å². The van der Waals surface area contributed by atoms with Crippen LogP contribution in [0.2, 0.25) is 0 Å². The summed E-state index contributed by atoms with van der Waals surface area (Å²) in [6, 6.07) is 8.48. The molecule has 0 spiro atoms. The second-order valence-electron chi connectivity index (χ2n) is 14.8. The zero-order chi connectivity index (χ0) is 42.1. The van der Waals surface area contributed by atoms with Crippen molar-refractivity contribution in [1.29, 1.82) is 0 Å². The molecule has 13 rings (SSSR count). The van der Waals surface area contributed by atoms with Crippen LogP contribution in [0.3, 0.4) is 0 Å². The fourth-order valence-electron chi connectivity index (χ4n) is 9.12. The second-order valence-corrected chi connectivity index (χ2v) is 14.8. The molecule has 304 valence electrons. The summed E-state index contributed by atoms with van der Waals surface area (Å²) in [5, 5.41) is 6.34. The fraction of sp³-hybridized carbons (Fsp3) is 0. The molecule has 12 aromatic rings. The Morgan fingerprint density at radius 3 is 0.719 bits per heavy atom. The summed E-state index contributed by atoms with van der Waals surface area (Å²) < 4.78 is 16.3. The van der Waals surface area contributed by atoms with E-state index in [1.165, 1.54) is 0 Å². The molecule has 64 heavy (non-hydrogen) atoms. The molecular weight excluding hydrogens is 805 g/mol. The normalized spacial score (nSPS) is 11.8. The van der Waals surface area contributed by atoms with Gasteiger partial charge in [0.25, 0.3) is 0 Å². The minimum absolute atomic E-state index is 0.613. The number of rotatable bonds is 8. The Morgan fingerprint density at radius 2 is 0.484 bits per heavy atom. The van der Waals surface area contributed by atoms with E-state index in [1.54, 1.807) is 74.6 Å². The summed E-state index contributed by atoms with van der Waals surface area (Å²) in [5.41, 5.74) is 6.37. The molecule has 18 heteroatoms. The molecule has 9 heterocycles. The molecule has 0 fully saturated rings. The average molecular weight is 835 g/mol. The highest BCUT2D eigenvalue weighted by molar-refractivity contribution is 5.77. The smallest absolute Gasteiger partial charge is 0.0995 e. The van der Waals surface area contributed by atoms with Crippen molar-refractivity contribution in [2.75, 3.05) is 0 Å². The lowest BCUT2D eigenvalue weighted by molar-refractivity contribution is 0.896. The molecule has 0 atom stereocenters. The molecule has 0 aliphatic heterocycles. The van der Waals surface area contributed by atoms with Gasteiger partial charge in [-0.05, 0) is 10.4 Å². The first-order chi connectivity index (χ1) is 31.8. The highest BCUT2D eigenvalue weighted by atomic mass is 15.2. The molecule has 0 saturated carbocycles. The molecule has 18 nitrogen and oxygen atoms in total. The van der Waals surface area contributed by atoms with E-state index in [0.717, 1.165) is 76.8 Å². The Bertz CT molecular complexity index is 3500. The molecule has 0 unspecified atom stereocenters. The quantitative estimate of drug-likeness (QED) is 0.193. The number of hydrogen-bond donors (Lipinski definition) is 0. The summed E-state index contributed by atoms with van der Waals surface area (Å²) in [4.78, 5) is 47.5. The minimum atomic E-state index is 0.613. The lowest BCUT2D eigenvalue weighted by Crippen LogP contribution is -2.15. The van der Waals surface area contributed by atoms with Gasteiger partial charge in [-0.1, -0.05) is 24.3 Å². The summed E-state index contributed by atoms with van der Waals surface area (Å²) in [6.45, 7) is 0. The van der Waals surface area contributed by atoms with Crippen molar-refractivity contribution >= 4 is 0 Å². The predicted octanol–water partition coefficient (Wildman–Crippen LogP) is 5.42. The standard InChI is InChI=1S/C46H30N18/c1-2-4-32-31(3-1)33-35(41(59-17-9-49-25-59)45(63-21-13-53-29-63)43(61-19-11-51-27-61)39(33)57-15-7-47-23-57)37-38(56-6-5-55-37)36-34(32)40(58-16-8-48-24-58)44(62-20-12-52-28-62)46(64-22-14-54-30-64)42(36)60-18-10-50-26-60/h1-30H. The Morgan fingerprint density at radius 1 is 0.250 bits per heavy atom. The van der Waals surface area contributed by atoms with E-state index >= 15 is 0 Å². The first kappa shape index (κ1) is 35.2. The molecule has 3 aromatic carbocycles. The van der Waals surface area contributed by atoms with Gasteiger partial charge in [0, 0.05) is 132 Å². The highest BCUT2D eigenvalue weighted by Crippen LogP contribution is 2.39. The van der Waals surface area contributed by atoms with Crippen molar-refractivity contribution in [2.24, 2.45) is 0 Å². The fourth-order valence-corrected chi connectivity index (χ4v) is 9.12. The summed E-state index contributed by atoms with van der Waals surface area (Å²) in [5.74, 6) is 0. The van der Waals surface area contributed by atoms with E-state index in [9.17, 15) is 0 Å². The second kappa shape index (κ2) is 14.0. The van der Waals surface area contributed by atoms with Gasteiger partial charge in [-0.25, -0.2) is 39.9 Å². The van der Waals surface area contributed by atoms with Crippen molar-refractivity contribution in [3.05, 3.63) is 228 Å². The van der Waals surface area contributed by atoms with Crippen LogP contribution in [0.5, 0.6) is 0 Å². The molecule has 0 bridgehead atoms. The van der Waals surface area contributed by atoms with E-state index in [4.69, 9.17) is 9.97 Å². The Labute approximate surface area is 359 Å². The van der Waals surface area contributed by atoms with E-state index < -0.39 is 0 Å². The number of benzene rings is 3. The topological polar surface area (TPSA) is 168 Å². The molecule has 1 aliphatic rings. The van der Waals surface area contributed by atoms with Gasteiger partial charge in [0.05, 0.1) is 107 Å². The predicted molar refractivity (Wildman–Crippen MR) is 229 cm³/mol. The van der Waals surface area contributed by atoms with Crippen molar-refractivity contribution in [3.8, 4) is 45.5 Å². The zero-order valence-electron chi connectivity index (χ0n) is 33.4. The van der Waals surface area contributed by atoms with Crippen LogP contribution >= 0.6 is 0 Å². The largest absolute Gasteiger partial charge is 0.303 e. The molecule has 1 aliphatic carbocycles. The first-order valence-corrected chi connectivity index (χ1v) is 20.1. The van der Waals surface area contributed by atoms with Gasteiger partial charge in [-0.2, -0.15) is 0 Å². The van der Waals surface area contributed by atoms with Gasteiger partial charge in [-0.15, -0.1) is 0 Å². The Balaban J connectivity index is 1.51. The summed E-state index contributed by atoms with van der Waals surface area (Å²) >= 11 is 0. The van der Waals surface area contributed by atoms with Crippen LogP contribution in [0.15, 0.2) is 186 Å². The first-order valence-electron chi connectivity index (χ1n) is 20.1. The van der Waals surface area contributed by atoms with E-state index in [0.29, 0.717) is 10.7 Å². The number of nitrogens with zero attached hydrogens (tertiary/aromatic N) is 18. The van der Waals surface area contributed by atoms with Gasteiger partial charge in [0.1, 0.15) is 0 Å². The van der Waals surface area contributed by atoms with Crippen LogP contribution in [0.1, 0.15) is 0 Å². The molecule has 0 radical (unpaired) electrons. The van der Waals surface area contributed by atoms with Gasteiger partial charge >= 0.3 is 0 Å². The number of aromatic nitrogens is 18. The van der Waals surface area contributed by atoms with Gasteiger partial charge < -0.3 is 36.5 Å². The van der Waals surface area contributed by atoms with Crippen LogP contribution in [-0.2, 0) is 0 Å². The lowest BCUT2D eigenvalue weighted by atomic mass is 9.97. The molecule has 0 N–H and O–H groups in total. The zero-order valence-corrected chi connectivity index (χ0v) is 33.4. The number of imidazole rings is 8. The van der Waals surface area contributed by atoms with Crippen molar-refractivity contribution < 1.29 is 0 Å². The molecule has 0 saturated heterocycles. The van der Waals surface area contributed by atoms with Crippen molar-refractivity contribution in [2.45, 2.75) is 0 Å². The number of fused-ring (bicyclic) bond motifs is 4. The van der Waals surface area contributed by atoms with E-state index in [-0.39, 0.29) is 0 Å². The van der Waals surface area contributed by atoms with Crippen LogP contribution in [-0.4, -0.2) is 86.4 Å². The summed E-state index contributed by atoms with van der Waals surface area (Å²) in [7, 11) is 0. The third-order valence-electron chi connectivity index (χ3n) is 11.5. The van der Waals surface area contributed by atoms with E-state index in [2.05, 4.69) is 64.1 Å². The SMILES string of the molecule is c1ccc2c(c1)=c1c(-n3ccnc3)c(-n3ccnc3)c(-n3ccnc3)c(-n3ccnc3)c1=c1nccnc1=c1c(-n3ccnc3)c(-n3ccnc3)c(-n3ccnc3)c(-n3ccnc3)c1=2. The van der Waals surface area contributed by atoms with Gasteiger partial charge in [-0.3, -0.25) is 9.97 Å². The lowest BCUT2D eigenvalue weighted by Gasteiger charge is -2.24. The van der Waals surface area contributed by atoms with Crippen molar-refractivity contribution in [1.82, 2.24) is 86.4 Å².